The molecule has 0 bridgehead atoms. The van der Waals surface area contributed by atoms with E-state index in [0.717, 1.165) is 129 Å². The number of hydrogen-bond donors (Lipinski definition) is 0. The molecule has 20 rings (SSSR count). The predicted octanol–water partition coefficient (Wildman–Crippen LogP) is 24.3. The van der Waals surface area contributed by atoms with Gasteiger partial charge in [0, 0.05) is 65.6 Å². The molecule has 0 unspecified atom stereocenters. The number of hydrogen-bond acceptors (Lipinski definition) is 4. The third-order valence-electron chi connectivity index (χ3n) is 20.3. The van der Waals surface area contributed by atoms with Gasteiger partial charge in [-0.25, -0.2) is 9.97 Å². The van der Waals surface area contributed by atoms with Crippen LogP contribution in [-0.4, -0.2) is 28.2 Å². The van der Waals surface area contributed by atoms with E-state index in [1.54, 1.807) is 0 Å². The highest BCUT2D eigenvalue weighted by Crippen LogP contribution is 2.43. The highest BCUT2D eigenvalue weighted by Gasteiger charge is 2.22. The summed E-state index contributed by atoms with van der Waals surface area (Å²) in [6, 6.07) is 132. The summed E-state index contributed by atoms with van der Waals surface area (Å²) >= 11 is 0. The normalized spacial score (nSPS) is 11.4. The van der Waals surface area contributed by atoms with Crippen LogP contribution in [0.15, 0.2) is 364 Å². The molecule has 0 fully saturated rings. The maximum absolute atomic E-state index is 9.67. The number of nitriles is 2. The van der Waals surface area contributed by atoms with Crippen LogP contribution in [0.4, 0.5) is 0 Å². The van der Waals surface area contributed by atoms with Gasteiger partial charge in [-0.1, -0.05) is 231 Å². The van der Waals surface area contributed by atoms with Gasteiger partial charge < -0.3 is 9.13 Å². The second-order valence-corrected chi connectivity index (χ2v) is 26.3. The molecule has 484 valence electrons. The Morgan fingerprint density at radius 1 is 0.192 bits per heavy atom. The molecular formula is C96H60N8. The number of para-hydroxylation sites is 5. The van der Waals surface area contributed by atoms with Crippen LogP contribution in [0.2, 0.25) is 0 Å². The summed E-state index contributed by atoms with van der Waals surface area (Å²) in [6.45, 7) is 0. The Hall–Kier alpha value is -14.4. The van der Waals surface area contributed by atoms with Crippen molar-refractivity contribution in [2.75, 3.05) is 0 Å². The number of rotatable bonds is 10. The fraction of sp³-hybridized carbons (Fsp3) is 0. The highest BCUT2D eigenvalue weighted by atomic mass is 15.1. The van der Waals surface area contributed by atoms with Crippen molar-refractivity contribution in [3.05, 3.63) is 375 Å². The monoisotopic (exact) mass is 1320 g/mol. The van der Waals surface area contributed by atoms with Gasteiger partial charge in [-0.2, -0.15) is 10.5 Å². The molecule has 6 heterocycles. The molecule has 0 spiro atoms. The third kappa shape index (κ3) is 10.5. The van der Waals surface area contributed by atoms with Gasteiger partial charge in [0.15, 0.2) is 0 Å². The van der Waals surface area contributed by atoms with Crippen LogP contribution in [-0.2, 0) is 0 Å². The van der Waals surface area contributed by atoms with Crippen molar-refractivity contribution in [2.45, 2.75) is 0 Å². The van der Waals surface area contributed by atoms with Crippen molar-refractivity contribution in [3.63, 3.8) is 0 Å². The van der Waals surface area contributed by atoms with E-state index in [2.05, 4.69) is 328 Å². The molecule has 8 heteroatoms. The number of fused-ring (bicyclic) bond motifs is 12. The van der Waals surface area contributed by atoms with Crippen LogP contribution in [0.3, 0.4) is 0 Å². The first-order valence-corrected chi connectivity index (χ1v) is 34.9. The Morgan fingerprint density at radius 3 is 0.990 bits per heavy atom. The Morgan fingerprint density at radius 2 is 0.529 bits per heavy atom. The summed E-state index contributed by atoms with van der Waals surface area (Å²) < 4.78 is 9.25. The maximum atomic E-state index is 9.67. The molecule has 14 aromatic carbocycles. The Bertz CT molecular complexity index is 6790. The zero-order chi connectivity index (χ0) is 69.2. The lowest BCUT2D eigenvalue weighted by Crippen LogP contribution is -2.00. The molecule has 0 saturated heterocycles. The van der Waals surface area contributed by atoms with Gasteiger partial charge in [0.05, 0.1) is 78.8 Å². The topological polar surface area (TPSA) is 93.1 Å². The third-order valence-corrected chi connectivity index (χ3v) is 20.3. The van der Waals surface area contributed by atoms with Gasteiger partial charge in [-0.05, 0) is 178 Å². The van der Waals surface area contributed by atoms with Crippen LogP contribution in [0.25, 0.3) is 177 Å². The molecule has 0 aliphatic rings. The van der Waals surface area contributed by atoms with Gasteiger partial charge in [0.2, 0.25) is 0 Å². The van der Waals surface area contributed by atoms with E-state index in [-0.39, 0.29) is 0 Å². The first kappa shape index (κ1) is 60.7. The first-order chi connectivity index (χ1) is 51.5. The minimum atomic E-state index is 0.629. The smallest absolute Gasteiger partial charge is 0.138 e. The maximum Gasteiger partial charge on any atom is 0.138 e. The van der Waals surface area contributed by atoms with Crippen LogP contribution in [0, 0.1) is 22.7 Å². The molecule has 0 saturated carbocycles. The summed E-state index contributed by atoms with van der Waals surface area (Å²) in [5, 5.41) is 28.7. The van der Waals surface area contributed by atoms with Crippen molar-refractivity contribution in [2.24, 2.45) is 0 Å². The average molecular weight is 1330 g/mol. The fourth-order valence-electron chi connectivity index (χ4n) is 15.4. The average Bonchev–Trinajstić information content (AvgIpc) is 1.60. The van der Waals surface area contributed by atoms with Crippen molar-refractivity contribution < 1.29 is 0 Å². The molecular weight excluding hydrogens is 1270 g/mol. The van der Waals surface area contributed by atoms with E-state index in [9.17, 15) is 10.5 Å². The molecule has 104 heavy (non-hydrogen) atoms. The quantitative estimate of drug-likeness (QED) is 0.136. The molecule has 0 atom stereocenters. The summed E-state index contributed by atoms with van der Waals surface area (Å²) in [4.78, 5) is 10.6. The van der Waals surface area contributed by atoms with E-state index in [1.807, 2.05) is 66.7 Å². The number of pyridine rings is 2. The van der Waals surface area contributed by atoms with Crippen LogP contribution >= 0.6 is 0 Å². The molecule has 0 aliphatic heterocycles. The summed E-state index contributed by atoms with van der Waals surface area (Å²) in [5.74, 6) is 1.71. The lowest BCUT2D eigenvalue weighted by atomic mass is 10.0. The van der Waals surface area contributed by atoms with Crippen LogP contribution < -0.4 is 0 Å². The lowest BCUT2D eigenvalue weighted by Gasteiger charge is -2.13. The first-order valence-electron chi connectivity index (χ1n) is 34.9. The second-order valence-electron chi connectivity index (χ2n) is 26.3. The van der Waals surface area contributed by atoms with E-state index in [1.165, 1.54) is 48.7 Å². The van der Waals surface area contributed by atoms with Gasteiger partial charge in [0.1, 0.15) is 11.6 Å². The van der Waals surface area contributed by atoms with E-state index in [0.29, 0.717) is 11.1 Å². The van der Waals surface area contributed by atoms with E-state index < -0.39 is 0 Å². The van der Waals surface area contributed by atoms with Crippen molar-refractivity contribution in [1.82, 2.24) is 28.2 Å². The molecule has 0 radical (unpaired) electrons. The van der Waals surface area contributed by atoms with E-state index >= 15 is 0 Å². The lowest BCUT2D eigenvalue weighted by molar-refractivity contribution is 1.08. The molecule has 0 amide bonds. The predicted molar refractivity (Wildman–Crippen MR) is 428 cm³/mol. The van der Waals surface area contributed by atoms with Crippen molar-refractivity contribution in [3.8, 4) is 102 Å². The van der Waals surface area contributed by atoms with Crippen LogP contribution in [0.1, 0.15) is 11.1 Å². The standard InChI is InChI=1S/2C48H30N4/c49-31-32-12-11-15-34(26-32)37-28-43(33-13-3-1-4-14-33)50-48(30-37)52-45-21-10-8-19-40(45)42-27-35(23-25-46(42)52)36-22-24-41-39-18-7-9-20-44(39)51(47(41)29-36)38-16-5-2-6-17-38;49-31-32-19-23-38(24-20-32)51-44-17-9-7-15-39(44)41-25-21-36(29-47(41)51)35-22-26-46-42(27-35)40-16-8-10-18-45(40)52(46)48-30-37(33-11-3-1-4-12-33)28-43(50-48)34-13-5-2-6-14-34/h2*1-30H. The largest absolute Gasteiger partial charge is 0.309 e. The minimum Gasteiger partial charge on any atom is -0.309 e. The molecule has 0 N–H and O–H groups in total. The van der Waals surface area contributed by atoms with Gasteiger partial charge >= 0.3 is 0 Å². The van der Waals surface area contributed by atoms with Gasteiger partial charge in [-0.15, -0.1) is 0 Å². The SMILES string of the molecule is N#Cc1ccc(-n2c3ccccc3c3ccc(-c4ccc5c(c4)c4ccccc4n5-c4cc(-c5ccccc5)cc(-c5ccccc5)n4)cc32)cc1.N#Cc1cccc(-c2cc(-c3ccccc3)nc(-n3c4ccccc4c4cc(-c5ccc6c7ccccc7n(-c7ccccc7)c6c5)ccc43)c2)c1. The van der Waals surface area contributed by atoms with Gasteiger partial charge in [-0.3, -0.25) is 9.13 Å². The Balaban J connectivity index is 0.000000143. The Labute approximate surface area is 599 Å². The molecule has 20 aromatic rings. The summed E-state index contributed by atoms with van der Waals surface area (Å²) in [5.41, 5.74) is 25.3. The molecule has 0 aliphatic carbocycles. The zero-order valence-electron chi connectivity index (χ0n) is 56.2. The summed E-state index contributed by atoms with van der Waals surface area (Å²) in [6.07, 6.45) is 0. The minimum absolute atomic E-state index is 0.629. The fourth-order valence-corrected chi connectivity index (χ4v) is 15.4. The summed E-state index contributed by atoms with van der Waals surface area (Å²) in [7, 11) is 0. The Kier molecular flexibility index (Phi) is 14.8. The van der Waals surface area contributed by atoms with E-state index in [4.69, 9.17) is 9.97 Å². The number of nitrogens with zero attached hydrogens (tertiary/aromatic N) is 8. The van der Waals surface area contributed by atoms with Gasteiger partial charge in [0.25, 0.3) is 0 Å². The van der Waals surface area contributed by atoms with Crippen molar-refractivity contribution in [1.29, 1.82) is 10.5 Å². The zero-order valence-corrected chi connectivity index (χ0v) is 56.2. The molecule has 8 nitrogen and oxygen atoms in total. The molecule has 6 aromatic heterocycles. The van der Waals surface area contributed by atoms with Crippen molar-refractivity contribution >= 4 is 87.2 Å². The number of aromatic nitrogens is 6. The number of benzene rings is 14. The second kappa shape index (κ2) is 25.4. The van der Waals surface area contributed by atoms with Crippen LogP contribution in [0.5, 0.6) is 0 Å². The highest BCUT2D eigenvalue weighted by molar-refractivity contribution is 6.15.